The fourth-order valence-electron chi connectivity index (χ4n) is 5.34. The molecule has 200 valence electrons. The third-order valence-corrected chi connectivity index (χ3v) is 8.26. The number of hydrogen-bond acceptors (Lipinski definition) is 7. The molecule has 8 nitrogen and oxygen atoms in total. The van der Waals surface area contributed by atoms with E-state index < -0.39 is 5.60 Å². The van der Waals surface area contributed by atoms with Crippen LogP contribution in [0.3, 0.4) is 0 Å². The van der Waals surface area contributed by atoms with Gasteiger partial charge in [0.25, 0.3) is 0 Å². The van der Waals surface area contributed by atoms with Crippen LogP contribution in [0.15, 0.2) is 35.6 Å². The largest absolute Gasteiger partial charge is 0.444 e. The van der Waals surface area contributed by atoms with Gasteiger partial charge in [0, 0.05) is 18.8 Å². The first-order chi connectivity index (χ1) is 17.9. The summed E-state index contributed by atoms with van der Waals surface area (Å²) >= 11 is 1.64. The van der Waals surface area contributed by atoms with Gasteiger partial charge in [-0.25, -0.2) is 14.8 Å². The maximum absolute atomic E-state index is 12.9. The van der Waals surface area contributed by atoms with Gasteiger partial charge in [0.15, 0.2) is 0 Å². The Morgan fingerprint density at radius 3 is 2.37 bits per heavy atom. The van der Waals surface area contributed by atoms with Gasteiger partial charge in [-0.2, -0.15) is 5.26 Å². The summed E-state index contributed by atoms with van der Waals surface area (Å²) in [7, 11) is 0. The number of ether oxygens (including phenoxy) is 1. The maximum atomic E-state index is 12.9. The second-order valence-corrected chi connectivity index (χ2v) is 13.2. The number of piperazine rings is 1. The second kappa shape index (κ2) is 9.81. The van der Waals surface area contributed by atoms with E-state index in [0.29, 0.717) is 30.0 Å². The van der Waals surface area contributed by atoms with Gasteiger partial charge >= 0.3 is 6.09 Å². The number of nitrogens with zero attached hydrogens (tertiary/aromatic N) is 5. The summed E-state index contributed by atoms with van der Waals surface area (Å²) in [6.45, 7) is 13.6. The normalized spacial score (nSPS) is 19.6. The monoisotopic (exact) mass is 532 g/mol. The van der Waals surface area contributed by atoms with Gasteiger partial charge in [0.2, 0.25) is 0 Å². The van der Waals surface area contributed by atoms with Crippen LogP contribution >= 0.6 is 11.8 Å². The fraction of sp³-hybridized carbons (Fsp3) is 0.517. The summed E-state index contributed by atoms with van der Waals surface area (Å²) in [6, 6.07) is 11.2. The summed E-state index contributed by atoms with van der Waals surface area (Å²) in [6.07, 6.45) is 3.20. The second-order valence-electron chi connectivity index (χ2n) is 12.3. The molecule has 0 radical (unpaired) electrons. The van der Waals surface area contributed by atoms with E-state index in [0.717, 1.165) is 29.1 Å². The zero-order chi connectivity index (χ0) is 27.2. The van der Waals surface area contributed by atoms with E-state index in [4.69, 9.17) is 9.72 Å². The molecule has 2 aliphatic rings. The standard InChI is InChI=1S/C29H36N6O2S/c1-28(2,3)19-9-7-18(8-10-19)16-38-26-24-23(31-17-32-24)22(13-30)25(33-26)34-14-20-11-12-21(15-34)35(20)27(36)37-29(4,5)6/h7-10,17,20-21H,11-12,14-16H2,1-6H3,(H,31,32). The van der Waals surface area contributed by atoms with E-state index in [1.165, 1.54) is 11.1 Å². The Morgan fingerprint density at radius 2 is 1.79 bits per heavy atom. The molecule has 2 atom stereocenters. The molecule has 2 aliphatic heterocycles. The lowest BCUT2D eigenvalue weighted by Gasteiger charge is -2.42. The topological polar surface area (TPSA) is 98.1 Å². The lowest BCUT2D eigenvalue weighted by molar-refractivity contribution is 0.0122. The van der Waals surface area contributed by atoms with Crippen molar-refractivity contribution in [3.63, 3.8) is 0 Å². The van der Waals surface area contributed by atoms with Gasteiger partial charge in [-0.3, -0.25) is 4.90 Å². The van der Waals surface area contributed by atoms with Crippen molar-refractivity contribution in [3.05, 3.63) is 47.3 Å². The Labute approximate surface area is 228 Å². The van der Waals surface area contributed by atoms with Crippen molar-refractivity contribution in [2.45, 2.75) is 88.3 Å². The van der Waals surface area contributed by atoms with Crippen LogP contribution in [0, 0.1) is 11.3 Å². The number of nitrogens with one attached hydrogen (secondary N) is 1. The van der Waals surface area contributed by atoms with Gasteiger partial charge in [-0.05, 0) is 50.2 Å². The average molecular weight is 533 g/mol. The number of H-pyrrole nitrogens is 1. The quantitative estimate of drug-likeness (QED) is 0.411. The number of fused-ring (bicyclic) bond motifs is 3. The average Bonchev–Trinajstić information content (AvgIpc) is 3.43. The van der Waals surface area contributed by atoms with E-state index in [2.05, 4.69) is 66.0 Å². The highest BCUT2D eigenvalue weighted by atomic mass is 32.2. The van der Waals surface area contributed by atoms with E-state index in [1.807, 2.05) is 25.7 Å². The minimum atomic E-state index is -0.534. The Balaban J connectivity index is 1.40. The van der Waals surface area contributed by atoms with E-state index in [1.54, 1.807) is 18.1 Å². The number of rotatable bonds is 4. The predicted octanol–water partition coefficient (Wildman–Crippen LogP) is 6.01. The smallest absolute Gasteiger partial charge is 0.410 e. The van der Waals surface area contributed by atoms with Crippen molar-refractivity contribution in [1.29, 1.82) is 5.26 Å². The van der Waals surface area contributed by atoms with E-state index in [9.17, 15) is 10.1 Å². The molecule has 2 bridgehead atoms. The molecule has 9 heteroatoms. The molecule has 5 rings (SSSR count). The lowest BCUT2D eigenvalue weighted by atomic mass is 9.87. The fourth-order valence-corrected chi connectivity index (χ4v) is 6.29. The lowest BCUT2D eigenvalue weighted by Crippen LogP contribution is -2.57. The number of nitriles is 1. The number of hydrogen-bond donors (Lipinski definition) is 1. The highest BCUT2D eigenvalue weighted by molar-refractivity contribution is 7.98. The van der Waals surface area contributed by atoms with Crippen LogP contribution in [0.4, 0.5) is 10.6 Å². The molecule has 1 aromatic carbocycles. The van der Waals surface area contributed by atoms with Gasteiger partial charge < -0.3 is 14.6 Å². The third kappa shape index (κ3) is 5.19. The number of anilines is 1. The maximum Gasteiger partial charge on any atom is 0.410 e. The van der Waals surface area contributed by atoms with Crippen molar-refractivity contribution in [2.75, 3.05) is 18.0 Å². The van der Waals surface area contributed by atoms with Crippen molar-refractivity contribution >= 4 is 34.7 Å². The number of aromatic amines is 1. The number of imidazole rings is 1. The molecule has 0 saturated carbocycles. The number of benzene rings is 1. The molecule has 0 aliphatic carbocycles. The predicted molar refractivity (Wildman–Crippen MR) is 150 cm³/mol. The van der Waals surface area contributed by atoms with Gasteiger partial charge in [-0.1, -0.05) is 56.8 Å². The molecular formula is C29H36N6O2S. The Bertz CT molecular complexity index is 1370. The Kier molecular flexibility index (Phi) is 6.80. The van der Waals surface area contributed by atoms with Crippen LogP contribution in [0.5, 0.6) is 0 Å². The molecule has 1 amide bonds. The zero-order valence-electron chi connectivity index (χ0n) is 23.0. The SMILES string of the molecule is CC(C)(C)OC(=O)N1C2CCC1CN(c1nc(SCc3ccc(C(C)(C)C)cc3)c3[nH]cnc3c1C#N)C2. The van der Waals surface area contributed by atoms with Crippen LogP contribution in [0.1, 0.15) is 71.1 Å². The molecule has 0 spiro atoms. The minimum Gasteiger partial charge on any atom is -0.444 e. The van der Waals surface area contributed by atoms with Gasteiger partial charge in [-0.15, -0.1) is 0 Å². The van der Waals surface area contributed by atoms with E-state index >= 15 is 0 Å². The van der Waals surface area contributed by atoms with Gasteiger partial charge in [0.1, 0.15) is 33.6 Å². The Hall–Kier alpha value is -3.25. The van der Waals surface area contributed by atoms with Crippen LogP contribution in [0.2, 0.25) is 0 Å². The highest BCUT2D eigenvalue weighted by Gasteiger charge is 2.45. The van der Waals surface area contributed by atoms with Gasteiger partial charge in [0.05, 0.1) is 23.9 Å². The molecule has 38 heavy (non-hydrogen) atoms. The van der Waals surface area contributed by atoms with Crippen LogP contribution in [0.25, 0.3) is 11.0 Å². The third-order valence-electron chi connectivity index (χ3n) is 7.21. The minimum absolute atomic E-state index is 0.0317. The highest BCUT2D eigenvalue weighted by Crippen LogP contribution is 2.38. The molecule has 4 heterocycles. The number of carbonyl (C=O) groups is 1. The number of pyridine rings is 1. The molecule has 1 N–H and O–H groups in total. The summed E-state index contributed by atoms with van der Waals surface area (Å²) in [5.74, 6) is 1.41. The van der Waals surface area contributed by atoms with E-state index in [-0.39, 0.29) is 23.6 Å². The van der Waals surface area contributed by atoms with Crippen molar-refractivity contribution in [3.8, 4) is 6.07 Å². The van der Waals surface area contributed by atoms with Crippen LogP contribution < -0.4 is 4.90 Å². The first kappa shape index (κ1) is 26.4. The molecule has 2 aromatic heterocycles. The number of carbonyl (C=O) groups excluding carboxylic acids is 1. The number of amides is 1. The molecule has 2 fully saturated rings. The molecule has 2 unspecified atom stereocenters. The first-order valence-corrected chi connectivity index (χ1v) is 14.2. The summed E-state index contributed by atoms with van der Waals surface area (Å²) in [5.41, 5.74) is 4.01. The number of thioether (sulfide) groups is 1. The summed E-state index contributed by atoms with van der Waals surface area (Å²) < 4.78 is 5.69. The van der Waals surface area contributed by atoms with Crippen LogP contribution in [-0.4, -0.2) is 56.7 Å². The van der Waals surface area contributed by atoms with Crippen molar-refractivity contribution in [2.24, 2.45) is 0 Å². The summed E-state index contributed by atoms with van der Waals surface area (Å²) in [5, 5.41) is 10.9. The summed E-state index contributed by atoms with van der Waals surface area (Å²) in [4.78, 5) is 29.7. The van der Waals surface area contributed by atoms with Crippen LogP contribution in [-0.2, 0) is 15.9 Å². The Morgan fingerprint density at radius 1 is 1.13 bits per heavy atom. The van der Waals surface area contributed by atoms with Crippen molar-refractivity contribution in [1.82, 2.24) is 19.9 Å². The first-order valence-electron chi connectivity index (χ1n) is 13.2. The zero-order valence-corrected chi connectivity index (χ0v) is 23.9. The molecular weight excluding hydrogens is 496 g/mol. The number of aromatic nitrogens is 3. The molecule has 2 saturated heterocycles. The molecule has 3 aromatic rings. The van der Waals surface area contributed by atoms with Crippen molar-refractivity contribution < 1.29 is 9.53 Å².